The topological polar surface area (TPSA) is 69.9 Å². The second kappa shape index (κ2) is 15.2. The van der Waals surface area contributed by atoms with E-state index >= 15 is 0 Å². The molecule has 0 aliphatic rings. The van der Waals surface area contributed by atoms with Gasteiger partial charge in [0.25, 0.3) is 0 Å². The fourth-order valence-corrected chi connectivity index (χ4v) is 11.8. The number of furan rings is 2. The van der Waals surface area contributed by atoms with Crippen molar-refractivity contribution in [3.8, 4) is 62.1 Å². The van der Waals surface area contributed by atoms with Gasteiger partial charge in [-0.25, -0.2) is 15.0 Å². The van der Waals surface area contributed by atoms with Crippen molar-refractivity contribution < 1.29 is 8.83 Å². The molecule has 7 heteroatoms. The molecule has 0 saturated heterocycles. The first kappa shape index (κ1) is 38.9. The second-order valence-corrected chi connectivity index (χ2v) is 18.9. The normalized spacial score (nSPS) is 12.0. The fourth-order valence-electron chi connectivity index (χ4n) is 10.6. The van der Waals surface area contributed by atoms with Crippen LogP contribution in [0.4, 0.5) is 0 Å². The summed E-state index contributed by atoms with van der Waals surface area (Å²) >= 11 is 1.76. The molecule has 326 valence electrons. The maximum Gasteiger partial charge on any atom is 0.165 e. The Morgan fingerprint density at radius 1 is 0.329 bits per heavy atom. The van der Waals surface area contributed by atoms with Crippen molar-refractivity contribution in [2.45, 2.75) is 0 Å². The Bertz CT molecular complexity index is 4600. The van der Waals surface area contributed by atoms with Gasteiger partial charge >= 0.3 is 0 Å². The lowest BCUT2D eigenvalue weighted by Gasteiger charge is -2.10. The molecule has 15 aromatic rings. The number of para-hydroxylation sites is 3. The van der Waals surface area contributed by atoms with E-state index in [2.05, 4.69) is 187 Å². The molecule has 70 heavy (non-hydrogen) atoms. The van der Waals surface area contributed by atoms with E-state index in [1.165, 1.54) is 42.8 Å². The lowest BCUT2D eigenvalue weighted by molar-refractivity contribution is 0.668. The van der Waals surface area contributed by atoms with Gasteiger partial charge in [-0.3, -0.25) is 0 Å². The molecule has 15 rings (SSSR count). The summed E-state index contributed by atoms with van der Waals surface area (Å²) in [5.74, 6) is 1.73. The Morgan fingerprint density at radius 3 is 1.76 bits per heavy atom. The van der Waals surface area contributed by atoms with Gasteiger partial charge in [0.05, 0.1) is 11.0 Å². The highest BCUT2D eigenvalue weighted by molar-refractivity contribution is 7.26. The van der Waals surface area contributed by atoms with E-state index in [9.17, 15) is 0 Å². The van der Waals surface area contributed by atoms with Crippen LogP contribution in [0.2, 0.25) is 0 Å². The summed E-state index contributed by atoms with van der Waals surface area (Å²) in [5.41, 5.74) is 13.9. The van der Waals surface area contributed by atoms with Crippen LogP contribution in [-0.2, 0) is 0 Å². The van der Waals surface area contributed by atoms with Crippen LogP contribution in [0.15, 0.2) is 227 Å². The fraction of sp³-hybridized carbons (Fsp3) is 0. The number of aromatic nitrogens is 4. The molecule has 0 bridgehead atoms. The van der Waals surface area contributed by atoms with Crippen molar-refractivity contribution in [2.24, 2.45) is 0 Å². The lowest BCUT2D eigenvalue weighted by atomic mass is 9.97. The van der Waals surface area contributed by atoms with Crippen molar-refractivity contribution >= 4 is 97.2 Å². The van der Waals surface area contributed by atoms with Gasteiger partial charge in [0, 0.05) is 74.9 Å². The first-order valence-electron chi connectivity index (χ1n) is 23.4. The molecule has 10 aromatic carbocycles. The van der Waals surface area contributed by atoms with Gasteiger partial charge in [-0.15, -0.1) is 11.3 Å². The van der Waals surface area contributed by atoms with Crippen molar-refractivity contribution in [2.75, 3.05) is 0 Å². The Kier molecular flexibility index (Phi) is 8.43. The van der Waals surface area contributed by atoms with E-state index in [-0.39, 0.29) is 0 Å². The summed E-state index contributed by atoms with van der Waals surface area (Å²) in [6.07, 6.45) is 0. The van der Waals surface area contributed by atoms with E-state index in [1.54, 1.807) is 11.3 Å². The van der Waals surface area contributed by atoms with Crippen LogP contribution in [0.25, 0.3) is 148 Å². The average Bonchev–Trinajstić information content (AvgIpc) is 4.19. The molecule has 0 fully saturated rings. The van der Waals surface area contributed by atoms with Gasteiger partial charge in [0.1, 0.15) is 22.3 Å². The highest BCUT2D eigenvalue weighted by Gasteiger charge is 2.21. The molecule has 0 atom stereocenters. The predicted octanol–water partition coefficient (Wildman–Crippen LogP) is 17.5. The van der Waals surface area contributed by atoms with Gasteiger partial charge in [-0.1, -0.05) is 140 Å². The van der Waals surface area contributed by atoms with Crippen LogP contribution in [0, 0.1) is 0 Å². The minimum absolute atomic E-state index is 0.562. The maximum absolute atomic E-state index is 6.59. The summed E-state index contributed by atoms with van der Waals surface area (Å²) < 4.78 is 17.7. The SMILES string of the molecule is c1ccc(-n2c3ccccc3c3cc(-c4ccc(-c5ccc6oc7cccc(-c8nc(-c9ccc%10c(c9)oc9ccccc9%10)nc(-c9cccc%10c9sc9ccccc9%10)n8)c7c6c5)cc4)ccc32)cc1. The van der Waals surface area contributed by atoms with Crippen LogP contribution >= 0.6 is 11.3 Å². The number of thiophene rings is 1. The zero-order valence-electron chi connectivity index (χ0n) is 37.3. The molecular weight excluding hydrogens is 877 g/mol. The van der Waals surface area contributed by atoms with Gasteiger partial charge in [0.15, 0.2) is 17.5 Å². The predicted molar refractivity (Wildman–Crippen MR) is 289 cm³/mol. The monoisotopic (exact) mass is 912 g/mol. The number of nitrogens with zero attached hydrogens (tertiary/aromatic N) is 4. The molecule has 0 amide bonds. The summed E-state index contributed by atoms with van der Waals surface area (Å²) in [4.78, 5) is 15.9. The van der Waals surface area contributed by atoms with Crippen molar-refractivity contribution in [3.05, 3.63) is 218 Å². The maximum atomic E-state index is 6.59. The third kappa shape index (κ3) is 6.02. The first-order chi connectivity index (χ1) is 34.7. The Hall–Kier alpha value is -9.17. The molecule has 6 nitrogen and oxygen atoms in total. The molecule has 5 aromatic heterocycles. The lowest BCUT2D eigenvalue weighted by Crippen LogP contribution is -2.00. The van der Waals surface area contributed by atoms with Crippen LogP contribution < -0.4 is 0 Å². The van der Waals surface area contributed by atoms with Crippen LogP contribution in [0.5, 0.6) is 0 Å². The van der Waals surface area contributed by atoms with E-state index in [4.69, 9.17) is 23.8 Å². The van der Waals surface area contributed by atoms with Gasteiger partial charge < -0.3 is 13.4 Å². The minimum atomic E-state index is 0.562. The average molecular weight is 913 g/mol. The van der Waals surface area contributed by atoms with E-state index < -0.39 is 0 Å². The number of fused-ring (bicyclic) bond motifs is 12. The van der Waals surface area contributed by atoms with Crippen molar-refractivity contribution in [1.82, 2.24) is 19.5 Å². The van der Waals surface area contributed by atoms with Gasteiger partial charge in [-0.05, 0) is 101 Å². The number of benzene rings is 10. The van der Waals surface area contributed by atoms with Gasteiger partial charge in [0.2, 0.25) is 0 Å². The zero-order chi connectivity index (χ0) is 45.9. The number of rotatable bonds is 6. The minimum Gasteiger partial charge on any atom is -0.456 e. The smallest absolute Gasteiger partial charge is 0.165 e. The molecule has 0 aliphatic heterocycles. The standard InChI is InChI=1S/C63H36N4O2S/c1-2-12-42(13-3-1)67-52-20-7-4-14-43(52)50-34-39(29-32-53(50)67)37-24-26-38(27-25-37)40-30-33-55-51(35-40)59-48(18-11-22-56(59)68-55)62-64-61(41-28-31-45-44-15-5-8-21-54(44)69-57(45)36-41)65-63(66-62)49-19-10-17-47-46-16-6-9-23-58(46)70-60(47)49/h1-36H. The first-order valence-corrected chi connectivity index (χ1v) is 24.2. The third-order valence-electron chi connectivity index (χ3n) is 13.9. The molecule has 0 saturated carbocycles. The van der Waals surface area contributed by atoms with Crippen LogP contribution in [0.1, 0.15) is 0 Å². The Labute approximate surface area is 404 Å². The molecule has 0 N–H and O–H groups in total. The highest BCUT2D eigenvalue weighted by atomic mass is 32.1. The summed E-state index contributed by atoms with van der Waals surface area (Å²) in [7, 11) is 0. The zero-order valence-corrected chi connectivity index (χ0v) is 38.1. The van der Waals surface area contributed by atoms with Crippen LogP contribution in [0.3, 0.4) is 0 Å². The highest BCUT2D eigenvalue weighted by Crippen LogP contribution is 2.43. The largest absolute Gasteiger partial charge is 0.456 e. The summed E-state index contributed by atoms with van der Waals surface area (Å²) in [5, 5.41) is 8.95. The molecule has 0 aliphatic carbocycles. The number of hydrogen-bond acceptors (Lipinski definition) is 6. The third-order valence-corrected chi connectivity index (χ3v) is 15.1. The Morgan fingerprint density at radius 2 is 0.900 bits per heavy atom. The van der Waals surface area contributed by atoms with Gasteiger partial charge in [-0.2, -0.15) is 0 Å². The van der Waals surface area contributed by atoms with E-state index in [0.29, 0.717) is 17.5 Å². The summed E-state index contributed by atoms with van der Waals surface area (Å²) in [6, 6.07) is 76.9. The van der Waals surface area contributed by atoms with E-state index in [0.717, 1.165) is 87.6 Å². The molecule has 5 heterocycles. The molecular formula is C63H36N4O2S. The van der Waals surface area contributed by atoms with Crippen LogP contribution in [-0.4, -0.2) is 19.5 Å². The molecule has 0 unspecified atom stereocenters. The molecule has 0 spiro atoms. The quantitative estimate of drug-likeness (QED) is 0.166. The Balaban J connectivity index is 0.856. The number of hydrogen-bond donors (Lipinski definition) is 0. The van der Waals surface area contributed by atoms with Crippen molar-refractivity contribution in [3.63, 3.8) is 0 Å². The second-order valence-electron chi connectivity index (χ2n) is 17.9. The summed E-state index contributed by atoms with van der Waals surface area (Å²) in [6.45, 7) is 0. The van der Waals surface area contributed by atoms with Crippen molar-refractivity contribution in [1.29, 1.82) is 0 Å². The molecule has 0 radical (unpaired) electrons. The van der Waals surface area contributed by atoms with E-state index in [1.807, 2.05) is 36.4 Å².